The topological polar surface area (TPSA) is 132 Å². The number of halogens is 1. The average Bonchev–Trinajstić information content (AvgIpc) is 3.29. The fraction of sp³-hybridized carbons (Fsp3) is 0.267. The molecule has 4 aromatic rings. The number of primary amides is 1. The van der Waals surface area contributed by atoms with Gasteiger partial charge in [0.15, 0.2) is 0 Å². The maximum Gasteiger partial charge on any atom is 0.240 e. The van der Waals surface area contributed by atoms with Crippen LogP contribution in [0.25, 0.3) is 16.9 Å². The lowest BCUT2D eigenvalue weighted by Crippen LogP contribution is -2.45. The fourth-order valence-electron chi connectivity index (χ4n) is 4.42. The molecule has 0 aliphatic heterocycles. The van der Waals surface area contributed by atoms with Crippen LogP contribution in [0.15, 0.2) is 73.1 Å². The van der Waals surface area contributed by atoms with E-state index >= 15 is 0 Å². The number of aliphatic hydroxyl groups is 1. The van der Waals surface area contributed by atoms with E-state index in [0.717, 1.165) is 27.9 Å². The van der Waals surface area contributed by atoms with E-state index in [9.17, 15) is 14.7 Å². The van der Waals surface area contributed by atoms with E-state index in [1.165, 1.54) is 0 Å². The van der Waals surface area contributed by atoms with Gasteiger partial charge in [-0.05, 0) is 54.8 Å². The minimum absolute atomic E-state index is 0.104. The smallest absolute Gasteiger partial charge is 0.240 e. The maximum absolute atomic E-state index is 12.6. The first-order valence-electron chi connectivity index (χ1n) is 13.0. The number of hydrogen-bond donors (Lipinski definition) is 3. The van der Waals surface area contributed by atoms with Crippen molar-refractivity contribution >= 4 is 23.4 Å². The van der Waals surface area contributed by atoms with Crippen LogP contribution in [0.4, 0.5) is 0 Å². The van der Waals surface area contributed by atoms with E-state index in [1.807, 2.05) is 61.5 Å². The standard InChI is InChI=1S/C30H32ClN5O4/c1-20-17-23(31)11-12-26(20)36-30(24(13-15-37)28(35-36)22-9-5-14-33-19-22)40-16-6-10-27(38)34-25(29(32)39)18-21-7-3-2-4-8-21/h2-5,7-9,11-12,14,17,19,25,37H,6,10,13,15-16,18H2,1H3,(H2,32,39)(H,34,38)/t25-/m0/s1. The summed E-state index contributed by atoms with van der Waals surface area (Å²) in [4.78, 5) is 28.8. The summed E-state index contributed by atoms with van der Waals surface area (Å²) in [5, 5.41) is 18.0. The summed E-state index contributed by atoms with van der Waals surface area (Å²) in [6.45, 7) is 2.03. The average molecular weight is 562 g/mol. The summed E-state index contributed by atoms with van der Waals surface area (Å²) in [6, 6.07) is 17.8. The lowest BCUT2D eigenvalue weighted by atomic mass is 10.1. The molecule has 4 rings (SSSR count). The van der Waals surface area contributed by atoms with Crippen molar-refractivity contribution in [3.8, 4) is 22.8 Å². The number of aliphatic hydroxyl groups excluding tert-OH is 1. The monoisotopic (exact) mass is 561 g/mol. The summed E-state index contributed by atoms with van der Waals surface area (Å²) in [5.74, 6) is -0.415. The number of carbonyl (C=O) groups is 2. The van der Waals surface area contributed by atoms with Gasteiger partial charge >= 0.3 is 0 Å². The molecule has 0 unspecified atom stereocenters. The second-order valence-electron chi connectivity index (χ2n) is 9.35. The van der Waals surface area contributed by atoms with Crippen molar-refractivity contribution in [1.29, 1.82) is 0 Å². The summed E-state index contributed by atoms with van der Waals surface area (Å²) < 4.78 is 7.92. The molecular formula is C30H32ClN5O4. The number of nitrogens with one attached hydrogen (secondary N) is 1. The summed E-state index contributed by atoms with van der Waals surface area (Å²) in [7, 11) is 0. The third-order valence-electron chi connectivity index (χ3n) is 6.37. The molecule has 1 atom stereocenters. The summed E-state index contributed by atoms with van der Waals surface area (Å²) >= 11 is 6.19. The number of rotatable bonds is 13. The van der Waals surface area contributed by atoms with Gasteiger partial charge in [0.05, 0.1) is 12.3 Å². The van der Waals surface area contributed by atoms with Gasteiger partial charge in [-0.2, -0.15) is 9.78 Å². The van der Waals surface area contributed by atoms with E-state index in [0.29, 0.717) is 35.9 Å². The van der Waals surface area contributed by atoms with Crippen molar-refractivity contribution in [2.75, 3.05) is 13.2 Å². The Kier molecular flexibility index (Phi) is 9.88. The van der Waals surface area contributed by atoms with Crippen LogP contribution in [0.2, 0.25) is 5.02 Å². The highest BCUT2D eigenvalue weighted by Crippen LogP contribution is 2.34. The molecule has 0 spiro atoms. The van der Waals surface area contributed by atoms with Crippen LogP contribution in [0, 0.1) is 6.92 Å². The third kappa shape index (κ3) is 7.25. The lowest BCUT2D eigenvalue weighted by molar-refractivity contribution is -0.127. The molecule has 0 saturated carbocycles. The molecule has 4 N–H and O–H groups in total. The largest absolute Gasteiger partial charge is 0.477 e. The summed E-state index contributed by atoms with van der Waals surface area (Å²) in [5.41, 5.74) is 10.3. The maximum atomic E-state index is 12.6. The van der Waals surface area contributed by atoms with Crippen molar-refractivity contribution in [2.45, 2.75) is 38.6 Å². The van der Waals surface area contributed by atoms with Gasteiger partial charge in [0.25, 0.3) is 0 Å². The van der Waals surface area contributed by atoms with E-state index < -0.39 is 11.9 Å². The normalized spacial score (nSPS) is 11.7. The number of hydrogen-bond acceptors (Lipinski definition) is 6. The van der Waals surface area contributed by atoms with E-state index in [4.69, 9.17) is 27.2 Å². The van der Waals surface area contributed by atoms with Crippen molar-refractivity contribution in [3.63, 3.8) is 0 Å². The van der Waals surface area contributed by atoms with E-state index in [2.05, 4.69) is 10.3 Å². The number of aromatic nitrogens is 3. The molecule has 0 fully saturated rings. The van der Waals surface area contributed by atoms with Gasteiger partial charge in [0.2, 0.25) is 17.7 Å². The zero-order valence-electron chi connectivity index (χ0n) is 22.2. The molecule has 9 nitrogen and oxygen atoms in total. The Bertz CT molecular complexity index is 1440. The number of aryl methyl sites for hydroxylation is 1. The van der Waals surface area contributed by atoms with E-state index in [-0.39, 0.29) is 25.5 Å². The molecular weight excluding hydrogens is 530 g/mol. The number of carbonyl (C=O) groups excluding carboxylic acids is 2. The number of benzene rings is 2. The van der Waals surface area contributed by atoms with Gasteiger partial charge < -0.3 is 20.9 Å². The Hall–Kier alpha value is -4.21. The van der Waals surface area contributed by atoms with Crippen LogP contribution < -0.4 is 15.8 Å². The van der Waals surface area contributed by atoms with Crippen molar-refractivity contribution in [2.24, 2.45) is 5.73 Å². The Morgan fingerprint density at radius 3 is 2.62 bits per heavy atom. The van der Waals surface area contributed by atoms with Crippen LogP contribution in [0.3, 0.4) is 0 Å². The highest BCUT2D eigenvalue weighted by Gasteiger charge is 2.23. The fourth-order valence-corrected chi connectivity index (χ4v) is 4.64. The number of amides is 2. The zero-order valence-corrected chi connectivity index (χ0v) is 23.0. The van der Waals surface area contributed by atoms with Crippen LogP contribution in [-0.4, -0.2) is 50.9 Å². The quantitative estimate of drug-likeness (QED) is 0.213. The van der Waals surface area contributed by atoms with Crippen LogP contribution in [0.1, 0.15) is 29.5 Å². The second kappa shape index (κ2) is 13.7. The highest BCUT2D eigenvalue weighted by atomic mass is 35.5. The summed E-state index contributed by atoms with van der Waals surface area (Å²) in [6.07, 6.45) is 4.54. The third-order valence-corrected chi connectivity index (χ3v) is 6.60. The molecule has 0 aliphatic rings. The zero-order chi connectivity index (χ0) is 28.5. The first-order chi connectivity index (χ1) is 19.4. The predicted molar refractivity (Wildman–Crippen MR) is 153 cm³/mol. The molecule has 40 heavy (non-hydrogen) atoms. The van der Waals surface area contributed by atoms with Crippen LogP contribution in [0.5, 0.6) is 5.88 Å². The number of nitrogens with two attached hydrogens (primary N) is 1. The SMILES string of the molecule is Cc1cc(Cl)ccc1-n1nc(-c2cccnc2)c(CCO)c1OCCCC(=O)N[C@@H](Cc1ccccc1)C(N)=O. The van der Waals surface area contributed by atoms with Gasteiger partial charge in [-0.3, -0.25) is 14.6 Å². The van der Waals surface area contributed by atoms with Crippen molar-refractivity contribution < 1.29 is 19.4 Å². The molecule has 10 heteroatoms. The minimum Gasteiger partial charge on any atom is -0.477 e. The Morgan fingerprint density at radius 2 is 1.95 bits per heavy atom. The molecule has 0 saturated heterocycles. The van der Waals surface area contributed by atoms with Crippen molar-refractivity contribution in [3.05, 3.63) is 94.8 Å². The number of pyridine rings is 1. The molecule has 0 radical (unpaired) electrons. The Balaban J connectivity index is 1.50. The number of ether oxygens (including phenoxy) is 1. The van der Waals surface area contributed by atoms with Crippen LogP contribution in [-0.2, 0) is 22.4 Å². The number of nitrogens with zero attached hydrogens (tertiary/aromatic N) is 3. The minimum atomic E-state index is -0.802. The molecule has 2 aromatic carbocycles. The van der Waals surface area contributed by atoms with Gasteiger partial charge in [0.1, 0.15) is 11.7 Å². The van der Waals surface area contributed by atoms with Gasteiger partial charge in [-0.15, -0.1) is 0 Å². The molecule has 2 amide bonds. The predicted octanol–water partition coefficient (Wildman–Crippen LogP) is 3.80. The molecule has 208 valence electrons. The first-order valence-corrected chi connectivity index (χ1v) is 13.4. The Labute approximate surface area is 238 Å². The van der Waals surface area contributed by atoms with Crippen LogP contribution >= 0.6 is 11.6 Å². The molecule has 2 aromatic heterocycles. The van der Waals surface area contributed by atoms with Crippen molar-refractivity contribution in [1.82, 2.24) is 20.1 Å². The first kappa shape index (κ1) is 28.8. The van der Waals surface area contributed by atoms with Gasteiger partial charge in [-0.1, -0.05) is 41.9 Å². The van der Waals surface area contributed by atoms with Gasteiger partial charge in [0, 0.05) is 54.4 Å². The molecule has 0 aliphatic carbocycles. The second-order valence-corrected chi connectivity index (χ2v) is 9.79. The Morgan fingerprint density at radius 1 is 1.15 bits per heavy atom. The molecule has 2 heterocycles. The molecule has 0 bridgehead atoms. The van der Waals surface area contributed by atoms with E-state index in [1.54, 1.807) is 23.1 Å². The van der Waals surface area contributed by atoms with Gasteiger partial charge in [-0.25, -0.2) is 0 Å². The lowest BCUT2D eigenvalue weighted by Gasteiger charge is -2.16. The highest BCUT2D eigenvalue weighted by molar-refractivity contribution is 6.30.